The Labute approximate surface area is 444 Å². The second-order valence-corrected chi connectivity index (χ2v) is 21.9. The Morgan fingerprint density at radius 2 is 1.70 bits per heavy atom. The number of nitrogens with zero attached hydrogens (tertiary/aromatic N) is 7. The fourth-order valence-corrected chi connectivity index (χ4v) is 10.7. The fourth-order valence-electron chi connectivity index (χ4n) is 9.84. The van der Waals surface area contributed by atoms with Crippen molar-refractivity contribution in [3.05, 3.63) is 118 Å². The quantitative estimate of drug-likeness (QED) is 0.0529. The van der Waals surface area contributed by atoms with Crippen molar-refractivity contribution in [2.45, 2.75) is 116 Å². The number of cyclic esters (lactones) is 1. The minimum absolute atomic E-state index is 0.0583. The molecule has 2 fully saturated rings. The zero-order valence-corrected chi connectivity index (χ0v) is 44.1. The number of anilines is 3. The van der Waals surface area contributed by atoms with E-state index in [4.69, 9.17) is 14.1 Å². The van der Waals surface area contributed by atoms with Gasteiger partial charge in [0.1, 0.15) is 23.5 Å². The van der Waals surface area contributed by atoms with Crippen LogP contribution in [-0.2, 0) is 36.1 Å². The largest absolute Gasteiger partial charge is 0.451 e. The monoisotopic (exact) mass is 1050 g/mol. The Bertz CT molecular complexity index is 3090. The smallest absolute Gasteiger partial charge is 0.339 e. The van der Waals surface area contributed by atoms with Crippen LogP contribution >= 0.6 is 11.3 Å². The van der Waals surface area contributed by atoms with Gasteiger partial charge in [-0.05, 0) is 73.9 Å². The third-order valence-corrected chi connectivity index (χ3v) is 15.1. The number of piperidine rings is 1. The first-order valence-electron chi connectivity index (χ1n) is 25.5. The topological polar surface area (TPSA) is 267 Å². The molecule has 3 aromatic heterocycles. The number of likely N-dealkylation sites (tertiary alicyclic amines) is 2. The van der Waals surface area contributed by atoms with Crippen LogP contribution in [0.25, 0.3) is 21.9 Å². The molecular formula is C55H63N11O9S. The molecule has 0 bridgehead atoms. The molecule has 6 aromatic rings. The molecule has 3 aliphatic rings. The number of aliphatic hydroxyl groups is 2. The van der Waals surface area contributed by atoms with Gasteiger partial charge in [-0.3, -0.25) is 19.2 Å². The molecule has 20 nitrogen and oxygen atoms in total. The number of aliphatic hydroxyl groups excluding tert-OH is 2. The summed E-state index contributed by atoms with van der Waals surface area (Å²) < 4.78 is 11.8. The molecule has 0 radical (unpaired) electrons. The van der Waals surface area contributed by atoms with Gasteiger partial charge >= 0.3 is 5.97 Å². The number of esters is 1. The molecular weight excluding hydrogens is 991 g/mol. The van der Waals surface area contributed by atoms with Gasteiger partial charge in [0.05, 0.1) is 46.0 Å². The van der Waals surface area contributed by atoms with Crippen LogP contribution in [0, 0.1) is 12.3 Å². The van der Waals surface area contributed by atoms with Crippen molar-refractivity contribution in [2.75, 3.05) is 36.9 Å². The van der Waals surface area contributed by atoms with Crippen LogP contribution in [0.5, 0.6) is 0 Å². The van der Waals surface area contributed by atoms with E-state index in [0.29, 0.717) is 54.5 Å². The summed E-state index contributed by atoms with van der Waals surface area (Å²) in [5.74, 6) is -1.06. The third-order valence-electron chi connectivity index (χ3n) is 14.1. The molecule has 0 aliphatic carbocycles. The number of hydrogen-bond donors (Lipinski definition) is 6. The Morgan fingerprint density at radius 1 is 0.947 bits per heavy atom. The highest BCUT2D eigenvalue weighted by Crippen LogP contribution is 2.39. The van der Waals surface area contributed by atoms with Gasteiger partial charge in [0, 0.05) is 68.8 Å². The number of benzene rings is 3. The van der Waals surface area contributed by atoms with Crippen molar-refractivity contribution in [2.24, 2.45) is 5.41 Å². The van der Waals surface area contributed by atoms with Gasteiger partial charge in [-0.15, -0.1) is 21.5 Å². The number of thiazole rings is 1. The second-order valence-electron chi connectivity index (χ2n) is 21.1. The van der Waals surface area contributed by atoms with Crippen LogP contribution in [0.1, 0.15) is 117 Å². The Morgan fingerprint density at radius 3 is 2.39 bits per heavy atom. The number of aryl methyl sites for hydroxylation is 1. The first-order valence-corrected chi connectivity index (χ1v) is 26.3. The lowest BCUT2D eigenvalue weighted by Gasteiger charge is -2.35. The van der Waals surface area contributed by atoms with Crippen LogP contribution in [0.2, 0.25) is 0 Å². The van der Waals surface area contributed by atoms with Gasteiger partial charge in [0.25, 0.3) is 5.89 Å². The second kappa shape index (κ2) is 22.3. The molecule has 76 heavy (non-hydrogen) atoms. The van der Waals surface area contributed by atoms with Gasteiger partial charge in [0.2, 0.25) is 35.5 Å². The summed E-state index contributed by atoms with van der Waals surface area (Å²) in [4.78, 5) is 85.0. The molecule has 9 rings (SSSR count). The molecule has 398 valence electrons. The van der Waals surface area contributed by atoms with Crippen molar-refractivity contribution in [1.82, 2.24) is 45.6 Å². The Balaban J connectivity index is 0.793. The van der Waals surface area contributed by atoms with Gasteiger partial charge in [-0.25, -0.2) is 14.8 Å². The van der Waals surface area contributed by atoms with Gasteiger partial charge in [-0.1, -0.05) is 75.4 Å². The Kier molecular flexibility index (Phi) is 15.6. The van der Waals surface area contributed by atoms with Crippen molar-refractivity contribution in [3.8, 4) is 21.9 Å². The molecule has 3 aromatic carbocycles. The van der Waals surface area contributed by atoms with E-state index in [-0.39, 0.29) is 68.6 Å². The van der Waals surface area contributed by atoms with E-state index in [0.717, 1.165) is 32.8 Å². The minimum atomic E-state index is -1.03. The van der Waals surface area contributed by atoms with Gasteiger partial charge < -0.3 is 50.4 Å². The van der Waals surface area contributed by atoms with E-state index in [1.54, 1.807) is 40.1 Å². The zero-order valence-electron chi connectivity index (χ0n) is 43.3. The number of aromatic nitrogens is 5. The van der Waals surface area contributed by atoms with Crippen molar-refractivity contribution >= 4 is 58.4 Å². The van der Waals surface area contributed by atoms with E-state index in [2.05, 4.69) is 41.4 Å². The van der Waals surface area contributed by atoms with E-state index in [1.165, 1.54) is 4.90 Å². The highest BCUT2D eigenvalue weighted by atomic mass is 32.1. The van der Waals surface area contributed by atoms with E-state index in [9.17, 15) is 34.2 Å². The summed E-state index contributed by atoms with van der Waals surface area (Å²) in [7, 11) is 0. The molecule has 4 amide bonds. The van der Waals surface area contributed by atoms with Crippen molar-refractivity contribution in [3.63, 3.8) is 0 Å². The predicted octanol–water partition coefficient (Wildman–Crippen LogP) is 6.55. The zero-order chi connectivity index (χ0) is 53.9. The van der Waals surface area contributed by atoms with E-state index >= 15 is 0 Å². The maximum atomic E-state index is 14.2. The van der Waals surface area contributed by atoms with Gasteiger partial charge in [-0.2, -0.15) is 4.98 Å². The summed E-state index contributed by atoms with van der Waals surface area (Å²) in [6.07, 6.45) is 1.50. The van der Waals surface area contributed by atoms with Crippen LogP contribution < -0.4 is 21.3 Å². The molecule has 6 N–H and O–H groups in total. The highest BCUT2D eigenvalue weighted by Gasteiger charge is 2.45. The lowest BCUT2D eigenvalue weighted by Crippen LogP contribution is -2.57. The van der Waals surface area contributed by atoms with Crippen LogP contribution in [0.15, 0.2) is 88.9 Å². The molecule has 3 aliphatic heterocycles. The number of rotatable bonds is 17. The lowest BCUT2D eigenvalue weighted by molar-refractivity contribution is -0.144. The standard InChI is InChI=1S/C55H63N11O9S/c1-31-45(76-30-58-31)34-14-12-32(13-15-34)26-56-48(71)42-25-37(68)28-66(42)51(72)46(54(2,3)4)61-43(69)18-19-44(70)65-22-20-35(21-23-65)49-63-64-50(74-49)39-27-57-53(62-47(39)60-41(29-67)33-10-8-7-9-11-33)59-36-16-17-38-40(24-36)55(5,6)75-52(38)73/h7-17,24,27,30,35,37,41-42,46,67-68H,18-23,25-26,28-29H2,1-6H3,(H,56,71)(H,61,69)(H2,57,59,60,62)/t37-,41-,42+,46-/m1/s1. The van der Waals surface area contributed by atoms with E-state index < -0.39 is 53.0 Å². The molecule has 0 unspecified atom stereocenters. The normalized spacial score (nSPS) is 18.1. The molecule has 4 atom stereocenters. The number of β-amino-alcohol motifs (C(OH)–C–C–N with tert-alkyl or cyclic N) is 1. The van der Waals surface area contributed by atoms with Crippen LogP contribution in [-0.4, -0.2) is 119 Å². The number of carbonyl (C=O) groups is 5. The molecule has 21 heteroatoms. The van der Waals surface area contributed by atoms with Crippen molar-refractivity contribution in [1.29, 1.82) is 0 Å². The first-order chi connectivity index (χ1) is 36.3. The lowest BCUT2D eigenvalue weighted by atomic mass is 9.85. The molecule has 0 saturated carbocycles. The maximum absolute atomic E-state index is 14.2. The average Bonchev–Trinajstić information content (AvgIpc) is 4.21. The summed E-state index contributed by atoms with van der Waals surface area (Å²) >= 11 is 1.56. The predicted molar refractivity (Wildman–Crippen MR) is 283 cm³/mol. The number of fused-ring (bicyclic) bond motifs is 1. The third kappa shape index (κ3) is 11.9. The average molecular weight is 1050 g/mol. The van der Waals surface area contributed by atoms with Gasteiger partial charge in [0.15, 0.2) is 0 Å². The SMILES string of the molecule is Cc1ncsc1-c1ccc(CNC(=O)[C@@H]2C[C@@H](O)CN2C(=O)[C@@H](NC(=O)CCC(=O)N2CCC(c3nnc(-c4cnc(Nc5ccc6c(c5)C(C)(C)OC6=O)nc4N[C@H](CO)c4ccccc4)o3)CC2)C(C)(C)C)cc1. The Hall–Kier alpha value is -7.62. The maximum Gasteiger partial charge on any atom is 0.339 e. The van der Waals surface area contributed by atoms with Crippen LogP contribution in [0.4, 0.5) is 17.5 Å². The number of ether oxygens (including phenoxy) is 1. The molecule has 0 spiro atoms. The van der Waals surface area contributed by atoms with Crippen molar-refractivity contribution < 1.29 is 43.3 Å². The summed E-state index contributed by atoms with van der Waals surface area (Å²) in [5.41, 5.74) is 6.15. The highest BCUT2D eigenvalue weighted by molar-refractivity contribution is 7.13. The minimum Gasteiger partial charge on any atom is -0.451 e. The molecule has 6 heterocycles. The summed E-state index contributed by atoms with van der Waals surface area (Å²) in [6.45, 7) is 11.7. The molecule has 2 saturated heterocycles. The first kappa shape index (κ1) is 53.2. The summed E-state index contributed by atoms with van der Waals surface area (Å²) in [6, 6.07) is 20.0. The number of hydrogen-bond acceptors (Lipinski definition) is 17. The van der Waals surface area contributed by atoms with E-state index in [1.807, 2.05) is 102 Å². The number of carbonyl (C=O) groups excluding carboxylic acids is 5. The number of amides is 4. The van der Waals surface area contributed by atoms with Crippen LogP contribution in [0.3, 0.4) is 0 Å². The number of nitrogens with one attached hydrogen (secondary N) is 4. The summed E-state index contributed by atoms with van der Waals surface area (Å²) in [5, 5.41) is 42.3. The fraction of sp³-hybridized carbons (Fsp3) is 0.418.